The Bertz CT molecular complexity index is 611. The molecule has 1 nitrogen and oxygen atoms in total. The van der Waals surface area contributed by atoms with Gasteiger partial charge < -0.3 is 0 Å². The van der Waals surface area contributed by atoms with E-state index in [1.807, 2.05) is 0 Å². The topological polar surface area (TPSA) is 9.23 Å². The van der Waals surface area contributed by atoms with E-state index in [1.165, 1.54) is 16.7 Å². The molecule has 0 spiro atoms. The number of hydrogen-bond acceptors (Lipinski definition) is 1. The Morgan fingerprint density at radius 1 is 1.00 bits per heavy atom. The molecule has 0 fully saturated rings. The van der Waals surface area contributed by atoms with Gasteiger partial charge in [0.2, 0.25) is 0 Å². The molecule has 1 aromatic carbocycles. The summed E-state index contributed by atoms with van der Waals surface area (Å²) in [6, 6.07) is 8.56. The van der Waals surface area contributed by atoms with Gasteiger partial charge in [0.15, 0.2) is 0 Å². The van der Waals surface area contributed by atoms with Crippen LogP contribution in [0.5, 0.6) is 5.75 Å². The minimum atomic E-state index is -1.64. The summed E-state index contributed by atoms with van der Waals surface area (Å²) in [7, 11) is 0. The molecule has 5 heteroatoms. The first-order valence-corrected chi connectivity index (χ1v) is 14.8. The van der Waals surface area contributed by atoms with Crippen LogP contribution in [0.25, 0.3) is 0 Å². The normalized spacial score (nSPS) is 17.1. The number of rotatable bonds is 4. The fourth-order valence-electron chi connectivity index (χ4n) is 3.05. The van der Waals surface area contributed by atoms with Crippen LogP contribution in [-0.4, -0.2) is 6.66 Å². The predicted molar refractivity (Wildman–Crippen MR) is 105 cm³/mol. The average molecular weight is 408 g/mol. The second-order valence-corrected chi connectivity index (χ2v) is 18.7. The van der Waals surface area contributed by atoms with E-state index in [4.69, 9.17) is 3.32 Å². The smallest absolute Gasteiger partial charge is 0.147 e. The number of benzene rings is 1. The van der Waals surface area contributed by atoms with Crippen molar-refractivity contribution in [3.05, 3.63) is 50.4 Å². The van der Waals surface area contributed by atoms with Crippen molar-refractivity contribution >= 4 is 31.5 Å². The molecule has 1 aliphatic carbocycles. The maximum atomic E-state index is 6.62. The molecular weight excluding hydrogens is 379 g/mol. The van der Waals surface area contributed by atoms with Crippen LogP contribution in [0.1, 0.15) is 33.3 Å². The zero-order valence-corrected chi connectivity index (χ0v) is 19.5. The van der Waals surface area contributed by atoms with E-state index in [0.29, 0.717) is 5.92 Å². The Morgan fingerprint density at radius 3 is 2.04 bits per heavy atom. The van der Waals surface area contributed by atoms with E-state index in [-0.39, 0.29) is 24.8 Å². The molecular formula is C18H29Cl2OSiTi. The van der Waals surface area contributed by atoms with Crippen molar-refractivity contribution in [3.63, 3.8) is 0 Å². The minimum Gasteiger partial charge on any atom is -0.147 e. The summed E-state index contributed by atoms with van der Waals surface area (Å²) in [5.74, 6) is 1.68. The fourth-order valence-corrected chi connectivity index (χ4v) is 13.1. The van der Waals surface area contributed by atoms with Crippen molar-refractivity contribution in [2.45, 2.75) is 47.7 Å². The van der Waals surface area contributed by atoms with Crippen LogP contribution in [0.4, 0.5) is 0 Å². The first-order valence-electron chi connectivity index (χ1n) is 7.83. The zero-order valence-electron chi connectivity index (χ0n) is 15.2. The standard InChI is InChI=1S/C9H13.C7H8O.C2H7Si.2ClH.Ti/c1-6-5-7(2)9(4)8(6)3;1-6-3-2-4-7(8)5-6;1-3-2;;;/h6H,1-4H3;2-5,8H,1H3;3H,1-2H3;2*1H;/q;;;;;+1/p-1. The van der Waals surface area contributed by atoms with Gasteiger partial charge in [-0.2, -0.15) is 0 Å². The van der Waals surface area contributed by atoms with E-state index >= 15 is 0 Å². The van der Waals surface area contributed by atoms with Crippen molar-refractivity contribution in [2.75, 3.05) is 0 Å². The van der Waals surface area contributed by atoms with Gasteiger partial charge in [0.25, 0.3) is 0 Å². The molecule has 129 valence electrons. The molecule has 1 unspecified atom stereocenters. The summed E-state index contributed by atoms with van der Waals surface area (Å²) < 4.78 is 8.31. The van der Waals surface area contributed by atoms with Crippen LogP contribution in [0, 0.1) is 12.8 Å². The van der Waals surface area contributed by atoms with Gasteiger partial charge in [-0.05, 0) is 0 Å². The van der Waals surface area contributed by atoms with Gasteiger partial charge in [0, 0.05) is 0 Å². The average Bonchev–Trinajstić information content (AvgIpc) is 2.61. The summed E-state index contributed by atoms with van der Waals surface area (Å²) in [5, 5.41) is 0. The van der Waals surface area contributed by atoms with Crippen molar-refractivity contribution in [1.82, 2.24) is 0 Å². The van der Waals surface area contributed by atoms with Crippen molar-refractivity contribution in [3.8, 4) is 5.75 Å². The largest absolute Gasteiger partial charge is 0.147 e. The summed E-state index contributed by atoms with van der Waals surface area (Å²) in [6.45, 7) is 15.5. The molecule has 0 amide bonds. The molecule has 0 radical (unpaired) electrons. The zero-order chi connectivity index (χ0) is 15.7. The van der Waals surface area contributed by atoms with Crippen LogP contribution < -0.4 is 3.32 Å². The Hall–Kier alpha value is 0.0112. The molecule has 0 aromatic heterocycles. The van der Waals surface area contributed by atoms with Gasteiger partial charge >= 0.3 is 137 Å². The van der Waals surface area contributed by atoms with Crippen molar-refractivity contribution < 1.29 is 20.8 Å². The first-order chi connectivity index (χ1) is 9.82. The van der Waals surface area contributed by atoms with E-state index in [1.54, 1.807) is 9.45 Å². The van der Waals surface area contributed by atoms with Crippen LogP contribution >= 0.6 is 24.8 Å². The maximum absolute atomic E-state index is 6.62. The van der Waals surface area contributed by atoms with Gasteiger partial charge in [0.05, 0.1) is 0 Å². The fraction of sp³-hybridized carbons (Fsp3) is 0.444. The third kappa shape index (κ3) is 4.99. The molecule has 0 aliphatic heterocycles. The molecule has 0 saturated heterocycles. The van der Waals surface area contributed by atoms with Gasteiger partial charge in [-0.15, -0.1) is 24.8 Å². The van der Waals surface area contributed by atoms with Crippen LogP contribution in [0.3, 0.4) is 0 Å². The SMILES string of the molecule is CC1=C(C)C(C)[C]([Ti]([O]c2cccc(C)c2)[SiH](C)C)=C1C.Cl.Cl. The third-order valence-electron chi connectivity index (χ3n) is 4.65. The predicted octanol–water partition coefficient (Wildman–Crippen LogP) is 5.99. The number of allylic oxidation sites excluding steroid dienone is 4. The third-order valence-corrected chi connectivity index (χ3v) is 15.2. The van der Waals surface area contributed by atoms with Crippen LogP contribution in [-0.2, 0) is 17.5 Å². The second-order valence-electron chi connectivity index (χ2n) is 6.51. The van der Waals surface area contributed by atoms with Gasteiger partial charge in [-0.1, -0.05) is 0 Å². The van der Waals surface area contributed by atoms with E-state index < -0.39 is 24.2 Å². The van der Waals surface area contributed by atoms with Gasteiger partial charge in [-0.3, -0.25) is 0 Å². The van der Waals surface area contributed by atoms with Gasteiger partial charge in [0.1, 0.15) is 0 Å². The Labute approximate surface area is 161 Å². The monoisotopic (exact) mass is 407 g/mol. The molecule has 1 atom stereocenters. The summed E-state index contributed by atoms with van der Waals surface area (Å²) in [4.78, 5) is 0. The summed E-state index contributed by atoms with van der Waals surface area (Å²) in [6.07, 6.45) is 0. The molecule has 0 saturated carbocycles. The Kier molecular flexibility index (Phi) is 9.49. The molecule has 1 aliphatic rings. The molecule has 0 N–H and O–H groups in total. The number of hydrogen-bond donors (Lipinski definition) is 0. The molecule has 0 bridgehead atoms. The van der Waals surface area contributed by atoms with E-state index in [0.717, 1.165) is 5.75 Å². The van der Waals surface area contributed by atoms with E-state index in [9.17, 15) is 0 Å². The van der Waals surface area contributed by atoms with Crippen molar-refractivity contribution in [1.29, 1.82) is 0 Å². The quantitative estimate of drug-likeness (QED) is 0.556. The Balaban J connectivity index is 0.00000242. The number of halogens is 2. The second kappa shape index (κ2) is 9.48. The number of aryl methyl sites for hydroxylation is 1. The van der Waals surface area contributed by atoms with Crippen LogP contribution in [0.2, 0.25) is 13.1 Å². The maximum Gasteiger partial charge on any atom is -0.147 e. The minimum absolute atomic E-state index is 0. The molecule has 1 aromatic rings. The van der Waals surface area contributed by atoms with Crippen LogP contribution in [0.15, 0.2) is 44.9 Å². The van der Waals surface area contributed by atoms with Crippen molar-refractivity contribution in [2.24, 2.45) is 5.92 Å². The molecule has 23 heavy (non-hydrogen) atoms. The Morgan fingerprint density at radius 2 is 1.61 bits per heavy atom. The first kappa shape index (κ1) is 23.0. The van der Waals surface area contributed by atoms with E-state index in [2.05, 4.69) is 72.0 Å². The molecule has 2 rings (SSSR count). The molecule has 0 heterocycles. The summed E-state index contributed by atoms with van der Waals surface area (Å²) >= 11 is -1.64. The van der Waals surface area contributed by atoms with Gasteiger partial charge in [-0.25, -0.2) is 0 Å². The summed E-state index contributed by atoms with van der Waals surface area (Å²) in [5.41, 5.74) is 5.87.